The summed E-state index contributed by atoms with van der Waals surface area (Å²) in [5, 5.41) is 7.31. The van der Waals surface area contributed by atoms with Gasteiger partial charge in [0.05, 0.1) is 16.7 Å². The van der Waals surface area contributed by atoms with Gasteiger partial charge in [-0.3, -0.25) is 4.98 Å². The van der Waals surface area contributed by atoms with E-state index in [-0.39, 0.29) is 5.41 Å². The molecule has 10 aromatic rings. The van der Waals surface area contributed by atoms with Crippen LogP contribution in [0.4, 0.5) is 0 Å². The highest BCUT2D eigenvalue weighted by Crippen LogP contribution is 2.54. The average molecular weight is 681 g/mol. The van der Waals surface area contributed by atoms with Gasteiger partial charge in [-0.25, -0.2) is 4.98 Å². The predicted octanol–water partition coefficient (Wildman–Crippen LogP) is 13.6. The molecule has 0 amide bonds. The van der Waals surface area contributed by atoms with E-state index in [4.69, 9.17) is 9.97 Å². The maximum absolute atomic E-state index is 5.30. The van der Waals surface area contributed by atoms with E-state index in [0.29, 0.717) is 0 Å². The number of nitrogens with zero attached hydrogens (tertiary/aromatic N) is 2. The first-order chi connectivity index (χ1) is 25.5. The van der Waals surface area contributed by atoms with Gasteiger partial charge in [-0.2, -0.15) is 0 Å². The van der Waals surface area contributed by atoms with Crippen molar-refractivity contribution in [2.75, 3.05) is 0 Å². The van der Waals surface area contributed by atoms with Gasteiger partial charge < -0.3 is 0 Å². The van der Waals surface area contributed by atoms with Gasteiger partial charge in [0.2, 0.25) is 0 Å². The molecule has 0 unspecified atom stereocenters. The van der Waals surface area contributed by atoms with Crippen molar-refractivity contribution in [1.29, 1.82) is 0 Å². The van der Waals surface area contributed by atoms with Gasteiger partial charge in [0.1, 0.15) is 0 Å². The smallest absolute Gasteiger partial charge is 0.0972 e. The van der Waals surface area contributed by atoms with E-state index in [2.05, 4.69) is 159 Å². The minimum atomic E-state index is -0.103. The van der Waals surface area contributed by atoms with Crippen LogP contribution in [0.25, 0.3) is 97.4 Å². The molecule has 0 bridgehead atoms. The molecule has 244 valence electrons. The molecule has 3 heteroatoms. The Hall–Kier alpha value is -6.16. The third kappa shape index (κ3) is 4.23. The van der Waals surface area contributed by atoms with Crippen molar-refractivity contribution in [3.63, 3.8) is 0 Å². The molecule has 0 fully saturated rings. The van der Waals surface area contributed by atoms with E-state index in [1.165, 1.54) is 64.3 Å². The quantitative estimate of drug-likeness (QED) is 0.174. The van der Waals surface area contributed by atoms with Crippen molar-refractivity contribution < 1.29 is 0 Å². The standard InChI is InChI=1S/C49H32N2S/c1-49(2)41-24-23-39-38-14-8-9-15-44(38)52-48(39)45(41)40-20-18-31(27-42(40)49)34-21-22-37(36-13-7-6-12-35(34)36)43-25-19-30-16-17-32-26-33(29-10-4-3-5-11-29)28-50-46(32)47(30)51-43/h3-28H,1-2H3. The SMILES string of the molecule is CC1(C)c2cc(-c3ccc(-c4ccc5ccc6cc(-c7ccccc7)cnc6c5n4)c4ccccc34)ccc2-c2c1ccc1c2sc2ccccc21. The predicted molar refractivity (Wildman–Crippen MR) is 221 cm³/mol. The van der Waals surface area contributed by atoms with Crippen LogP contribution in [-0.4, -0.2) is 9.97 Å². The molecule has 7 aromatic carbocycles. The Labute approximate surface area is 305 Å². The summed E-state index contributed by atoms with van der Waals surface area (Å²) in [4.78, 5) is 10.3. The molecular weight excluding hydrogens is 649 g/mol. The van der Waals surface area contributed by atoms with Crippen LogP contribution in [0.3, 0.4) is 0 Å². The lowest BCUT2D eigenvalue weighted by atomic mass is 9.81. The summed E-state index contributed by atoms with van der Waals surface area (Å²) in [6, 6.07) is 55.3. The van der Waals surface area contributed by atoms with E-state index in [1.54, 1.807) is 0 Å². The Morgan fingerprint density at radius 2 is 1.19 bits per heavy atom. The number of hydrogen-bond donors (Lipinski definition) is 0. The van der Waals surface area contributed by atoms with Gasteiger partial charge in [-0.05, 0) is 68.4 Å². The van der Waals surface area contributed by atoms with Crippen molar-refractivity contribution in [2.24, 2.45) is 0 Å². The highest BCUT2D eigenvalue weighted by Gasteiger charge is 2.37. The lowest BCUT2D eigenvalue weighted by Gasteiger charge is -2.22. The van der Waals surface area contributed by atoms with Gasteiger partial charge in [-0.1, -0.05) is 141 Å². The van der Waals surface area contributed by atoms with Crippen LogP contribution in [0.1, 0.15) is 25.0 Å². The van der Waals surface area contributed by atoms with E-state index in [1.807, 2.05) is 23.6 Å². The Balaban J connectivity index is 1.04. The molecule has 0 saturated carbocycles. The summed E-state index contributed by atoms with van der Waals surface area (Å²) in [6.07, 6.45) is 1.97. The monoisotopic (exact) mass is 680 g/mol. The molecular formula is C49H32N2S. The molecule has 3 heterocycles. The van der Waals surface area contributed by atoms with Crippen LogP contribution in [0.15, 0.2) is 158 Å². The number of hydrogen-bond acceptors (Lipinski definition) is 3. The lowest BCUT2D eigenvalue weighted by molar-refractivity contribution is 0.661. The highest BCUT2D eigenvalue weighted by molar-refractivity contribution is 7.26. The molecule has 0 aliphatic heterocycles. The van der Waals surface area contributed by atoms with Gasteiger partial charge >= 0.3 is 0 Å². The fraction of sp³-hybridized carbons (Fsp3) is 0.0612. The van der Waals surface area contributed by atoms with Crippen molar-refractivity contribution in [1.82, 2.24) is 9.97 Å². The van der Waals surface area contributed by atoms with Gasteiger partial charge in [0.15, 0.2) is 0 Å². The minimum absolute atomic E-state index is 0.103. The second kappa shape index (κ2) is 10.9. The topological polar surface area (TPSA) is 25.8 Å². The largest absolute Gasteiger partial charge is 0.253 e. The van der Waals surface area contributed by atoms with Crippen molar-refractivity contribution in [2.45, 2.75) is 19.3 Å². The van der Waals surface area contributed by atoms with E-state index < -0.39 is 0 Å². The van der Waals surface area contributed by atoms with Crippen LogP contribution in [-0.2, 0) is 5.41 Å². The third-order valence-electron chi connectivity index (χ3n) is 11.3. The molecule has 0 saturated heterocycles. The van der Waals surface area contributed by atoms with E-state index in [9.17, 15) is 0 Å². The lowest BCUT2D eigenvalue weighted by Crippen LogP contribution is -2.14. The molecule has 1 aliphatic rings. The Bertz CT molecular complexity index is 3100. The van der Waals surface area contributed by atoms with E-state index >= 15 is 0 Å². The first-order valence-electron chi connectivity index (χ1n) is 17.9. The maximum Gasteiger partial charge on any atom is 0.0972 e. The zero-order valence-corrected chi connectivity index (χ0v) is 29.6. The molecule has 2 nitrogen and oxygen atoms in total. The van der Waals surface area contributed by atoms with Gasteiger partial charge in [-0.15, -0.1) is 11.3 Å². The molecule has 0 atom stereocenters. The first kappa shape index (κ1) is 29.6. The fourth-order valence-electron chi connectivity index (χ4n) is 8.66. The number of aromatic nitrogens is 2. The second-order valence-corrected chi connectivity index (χ2v) is 15.6. The molecule has 0 spiro atoms. The second-order valence-electron chi connectivity index (χ2n) is 14.6. The molecule has 0 radical (unpaired) electrons. The van der Waals surface area contributed by atoms with Crippen LogP contribution in [0.2, 0.25) is 0 Å². The summed E-state index contributed by atoms with van der Waals surface area (Å²) in [6.45, 7) is 4.77. The van der Waals surface area contributed by atoms with Crippen molar-refractivity contribution in [3.05, 3.63) is 169 Å². The van der Waals surface area contributed by atoms with Crippen molar-refractivity contribution in [3.8, 4) is 44.6 Å². The molecule has 3 aromatic heterocycles. The van der Waals surface area contributed by atoms with Gasteiger partial charge in [0, 0.05) is 59.2 Å². The molecule has 52 heavy (non-hydrogen) atoms. The number of fused-ring (bicyclic) bond motifs is 11. The van der Waals surface area contributed by atoms with Crippen LogP contribution < -0.4 is 0 Å². The zero-order chi connectivity index (χ0) is 34.6. The van der Waals surface area contributed by atoms with E-state index in [0.717, 1.165) is 44.2 Å². The van der Waals surface area contributed by atoms with Crippen LogP contribution >= 0.6 is 11.3 Å². The number of pyridine rings is 2. The maximum atomic E-state index is 5.30. The third-order valence-corrected chi connectivity index (χ3v) is 12.5. The van der Waals surface area contributed by atoms with Gasteiger partial charge in [0.25, 0.3) is 0 Å². The summed E-state index contributed by atoms with van der Waals surface area (Å²) < 4.78 is 2.75. The zero-order valence-electron chi connectivity index (χ0n) is 28.8. The van der Waals surface area contributed by atoms with Crippen molar-refractivity contribution >= 4 is 64.1 Å². The molecule has 11 rings (SSSR count). The normalized spacial score (nSPS) is 13.3. The summed E-state index contributed by atoms with van der Waals surface area (Å²) in [5.74, 6) is 0. The minimum Gasteiger partial charge on any atom is -0.253 e. The van der Waals surface area contributed by atoms with Crippen LogP contribution in [0.5, 0.6) is 0 Å². The number of thiophene rings is 1. The molecule has 0 N–H and O–H groups in total. The number of rotatable bonds is 3. The summed E-state index contributed by atoms with van der Waals surface area (Å²) >= 11 is 1.92. The first-order valence-corrected chi connectivity index (χ1v) is 18.7. The van der Waals surface area contributed by atoms with Crippen LogP contribution in [0, 0.1) is 0 Å². The Morgan fingerprint density at radius 1 is 0.481 bits per heavy atom. The summed E-state index contributed by atoms with van der Waals surface area (Å²) in [7, 11) is 0. The number of benzene rings is 7. The Kier molecular flexibility index (Phi) is 6.21. The average Bonchev–Trinajstić information content (AvgIpc) is 3.69. The molecule has 1 aliphatic carbocycles. The fourth-order valence-corrected chi connectivity index (χ4v) is 9.93. The highest BCUT2D eigenvalue weighted by atomic mass is 32.1. The Morgan fingerprint density at radius 3 is 2.06 bits per heavy atom. The summed E-state index contributed by atoms with van der Waals surface area (Å²) in [5.41, 5.74) is 14.2.